The zero-order valence-electron chi connectivity index (χ0n) is 11.1. The summed E-state index contributed by atoms with van der Waals surface area (Å²) in [4.78, 5) is 6.92. The summed E-state index contributed by atoms with van der Waals surface area (Å²) in [7, 11) is 0. The summed E-state index contributed by atoms with van der Waals surface area (Å²) in [6, 6.07) is 8.68. The molecule has 0 bridgehead atoms. The van der Waals surface area contributed by atoms with Gasteiger partial charge in [-0.05, 0) is 51.7 Å². The van der Waals surface area contributed by atoms with Crippen LogP contribution in [-0.4, -0.2) is 18.4 Å². The van der Waals surface area contributed by atoms with Gasteiger partial charge in [-0.2, -0.15) is 0 Å². The van der Waals surface area contributed by atoms with Crippen molar-refractivity contribution in [3.05, 3.63) is 29.8 Å². The van der Waals surface area contributed by atoms with Gasteiger partial charge < -0.3 is 4.90 Å². The van der Waals surface area contributed by atoms with Gasteiger partial charge in [0.15, 0.2) is 0 Å². The van der Waals surface area contributed by atoms with E-state index in [2.05, 4.69) is 54.9 Å². The molecular formula is C15H22N2. The third-order valence-electron chi connectivity index (χ3n) is 2.98. The van der Waals surface area contributed by atoms with E-state index in [1.54, 1.807) is 0 Å². The Kier molecular flexibility index (Phi) is 3.51. The van der Waals surface area contributed by atoms with Crippen LogP contribution in [0.4, 0.5) is 5.69 Å². The summed E-state index contributed by atoms with van der Waals surface area (Å²) < 4.78 is 0. The van der Waals surface area contributed by atoms with Crippen molar-refractivity contribution < 1.29 is 0 Å². The number of rotatable bonds is 1. The maximum atomic E-state index is 4.62. The second-order valence-corrected chi connectivity index (χ2v) is 5.69. The molecule has 0 N–H and O–H groups in total. The Bertz CT molecular complexity index is 402. The molecule has 1 aliphatic heterocycles. The minimum Gasteiger partial charge on any atom is -0.333 e. The Morgan fingerprint density at radius 3 is 2.71 bits per heavy atom. The molecule has 0 unspecified atom stereocenters. The first-order chi connectivity index (χ1) is 8.06. The van der Waals surface area contributed by atoms with Crippen LogP contribution in [0.15, 0.2) is 29.3 Å². The molecule has 92 valence electrons. The van der Waals surface area contributed by atoms with Gasteiger partial charge in [-0.3, -0.25) is 4.99 Å². The van der Waals surface area contributed by atoms with Gasteiger partial charge in [-0.1, -0.05) is 18.2 Å². The Morgan fingerprint density at radius 2 is 1.94 bits per heavy atom. The van der Waals surface area contributed by atoms with Gasteiger partial charge in [0.1, 0.15) is 0 Å². The van der Waals surface area contributed by atoms with E-state index >= 15 is 0 Å². The zero-order chi connectivity index (χ0) is 12.3. The normalized spacial score (nSPS) is 17.0. The summed E-state index contributed by atoms with van der Waals surface area (Å²) in [5.41, 5.74) is 2.78. The van der Waals surface area contributed by atoms with E-state index in [-0.39, 0.29) is 5.54 Å². The summed E-state index contributed by atoms with van der Waals surface area (Å²) >= 11 is 0. The number of aliphatic imine (C=N–C) groups is 1. The molecule has 0 saturated heterocycles. The lowest BCUT2D eigenvalue weighted by Gasteiger charge is -2.21. The van der Waals surface area contributed by atoms with Gasteiger partial charge in [-0.25, -0.2) is 0 Å². The highest BCUT2D eigenvalue weighted by Gasteiger charge is 2.14. The molecular weight excluding hydrogens is 208 g/mol. The van der Waals surface area contributed by atoms with Crippen molar-refractivity contribution in [2.24, 2.45) is 4.99 Å². The quantitative estimate of drug-likeness (QED) is 0.531. The fourth-order valence-electron chi connectivity index (χ4n) is 2.08. The van der Waals surface area contributed by atoms with Crippen LogP contribution in [-0.2, 0) is 6.42 Å². The molecule has 2 nitrogen and oxygen atoms in total. The molecule has 1 aliphatic rings. The number of benzene rings is 1. The molecule has 0 saturated carbocycles. The monoisotopic (exact) mass is 230 g/mol. The minimum absolute atomic E-state index is 0.00124. The molecule has 0 spiro atoms. The second-order valence-electron chi connectivity index (χ2n) is 5.69. The molecule has 2 rings (SSSR count). The predicted octanol–water partition coefficient (Wildman–Crippen LogP) is 3.66. The van der Waals surface area contributed by atoms with E-state index in [1.807, 2.05) is 6.34 Å². The average Bonchev–Trinajstić information content (AvgIpc) is 2.47. The average molecular weight is 230 g/mol. The Balaban J connectivity index is 2.26. The Morgan fingerprint density at radius 1 is 1.18 bits per heavy atom. The van der Waals surface area contributed by atoms with Crippen molar-refractivity contribution in [2.75, 3.05) is 11.4 Å². The topological polar surface area (TPSA) is 15.6 Å². The van der Waals surface area contributed by atoms with E-state index in [9.17, 15) is 0 Å². The first-order valence-electron chi connectivity index (χ1n) is 6.46. The standard InChI is InChI=1S/C15H22N2/c1-15(2,3)16-12-17-11-7-6-9-13-8-4-5-10-14(13)17/h4-5,8,10,12H,6-7,9,11H2,1-3H3. The summed E-state index contributed by atoms with van der Waals surface area (Å²) in [5.74, 6) is 0. The molecule has 1 aromatic rings. The fourth-order valence-corrected chi connectivity index (χ4v) is 2.08. The number of hydrogen-bond donors (Lipinski definition) is 0. The van der Waals surface area contributed by atoms with E-state index in [0.29, 0.717) is 0 Å². The molecule has 0 atom stereocenters. The molecule has 2 heteroatoms. The van der Waals surface area contributed by atoms with Gasteiger partial charge >= 0.3 is 0 Å². The maximum absolute atomic E-state index is 4.62. The van der Waals surface area contributed by atoms with Crippen molar-refractivity contribution in [3.63, 3.8) is 0 Å². The third kappa shape index (κ3) is 3.32. The highest BCUT2D eigenvalue weighted by Crippen LogP contribution is 2.25. The molecule has 1 aromatic carbocycles. The van der Waals surface area contributed by atoms with Crippen LogP contribution in [0.5, 0.6) is 0 Å². The maximum Gasteiger partial charge on any atom is 0.0900 e. The first-order valence-corrected chi connectivity index (χ1v) is 6.46. The fraction of sp³-hybridized carbons (Fsp3) is 0.533. The number of anilines is 1. The highest BCUT2D eigenvalue weighted by molar-refractivity contribution is 5.81. The lowest BCUT2D eigenvalue weighted by Crippen LogP contribution is -2.24. The van der Waals surface area contributed by atoms with E-state index in [1.165, 1.54) is 30.5 Å². The van der Waals surface area contributed by atoms with Crippen LogP contribution < -0.4 is 4.90 Å². The van der Waals surface area contributed by atoms with Crippen LogP contribution in [0, 0.1) is 0 Å². The van der Waals surface area contributed by atoms with Crippen LogP contribution >= 0.6 is 0 Å². The zero-order valence-corrected chi connectivity index (χ0v) is 11.1. The summed E-state index contributed by atoms with van der Waals surface area (Å²) in [6.45, 7) is 7.48. The molecule has 0 fully saturated rings. The van der Waals surface area contributed by atoms with E-state index in [4.69, 9.17) is 0 Å². The predicted molar refractivity (Wildman–Crippen MR) is 75.0 cm³/mol. The van der Waals surface area contributed by atoms with Crippen molar-refractivity contribution in [2.45, 2.75) is 45.6 Å². The van der Waals surface area contributed by atoms with Gasteiger partial charge in [0.25, 0.3) is 0 Å². The summed E-state index contributed by atoms with van der Waals surface area (Å²) in [6.07, 6.45) is 5.72. The SMILES string of the molecule is CC(C)(C)N=CN1CCCCc2ccccc21. The second kappa shape index (κ2) is 4.91. The number of nitrogens with zero attached hydrogens (tertiary/aromatic N) is 2. The van der Waals surface area contributed by atoms with Crippen LogP contribution in [0.1, 0.15) is 39.2 Å². The number of aryl methyl sites for hydroxylation is 1. The van der Waals surface area contributed by atoms with Crippen LogP contribution in [0.2, 0.25) is 0 Å². The van der Waals surface area contributed by atoms with Gasteiger partial charge in [0.2, 0.25) is 0 Å². The van der Waals surface area contributed by atoms with Crippen LogP contribution in [0.25, 0.3) is 0 Å². The number of hydrogen-bond acceptors (Lipinski definition) is 1. The van der Waals surface area contributed by atoms with Gasteiger partial charge in [0, 0.05) is 12.2 Å². The van der Waals surface area contributed by atoms with Crippen molar-refractivity contribution in [1.29, 1.82) is 0 Å². The smallest absolute Gasteiger partial charge is 0.0900 e. The van der Waals surface area contributed by atoms with Gasteiger partial charge in [-0.15, -0.1) is 0 Å². The lowest BCUT2D eigenvalue weighted by atomic mass is 10.1. The number of fused-ring (bicyclic) bond motifs is 1. The highest BCUT2D eigenvalue weighted by atomic mass is 15.2. The van der Waals surface area contributed by atoms with E-state index in [0.717, 1.165) is 6.54 Å². The van der Waals surface area contributed by atoms with E-state index < -0.39 is 0 Å². The molecule has 1 heterocycles. The Hall–Kier alpha value is -1.31. The third-order valence-corrected chi connectivity index (χ3v) is 2.98. The van der Waals surface area contributed by atoms with Crippen molar-refractivity contribution in [1.82, 2.24) is 0 Å². The van der Waals surface area contributed by atoms with Crippen molar-refractivity contribution >= 4 is 12.0 Å². The largest absolute Gasteiger partial charge is 0.333 e. The Labute approximate surface area is 104 Å². The molecule has 17 heavy (non-hydrogen) atoms. The van der Waals surface area contributed by atoms with Crippen LogP contribution in [0.3, 0.4) is 0 Å². The number of para-hydroxylation sites is 1. The van der Waals surface area contributed by atoms with Gasteiger partial charge in [0.05, 0.1) is 11.9 Å². The lowest BCUT2D eigenvalue weighted by molar-refractivity contribution is 0.584. The summed E-state index contributed by atoms with van der Waals surface area (Å²) in [5, 5.41) is 0. The molecule has 0 radical (unpaired) electrons. The first kappa shape index (κ1) is 12.2. The molecule has 0 aromatic heterocycles. The minimum atomic E-state index is 0.00124. The van der Waals surface area contributed by atoms with Crippen molar-refractivity contribution in [3.8, 4) is 0 Å². The molecule has 0 aliphatic carbocycles. The molecule has 0 amide bonds.